The maximum Gasteiger partial charge on any atom is 0.338 e. The van der Waals surface area contributed by atoms with Crippen molar-refractivity contribution >= 4 is 17.7 Å². The molecule has 1 unspecified atom stereocenters. The topological polar surface area (TPSA) is 70.4 Å². The number of aliphatic hydroxyl groups excluding tert-OH is 1. The van der Waals surface area contributed by atoms with Crippen molar-refractivity contribution in [3.05, 3.63) is 23.6 Å². The molecule has 15 heavy (non-hydrogen) atoms. The summed E-state index contributed by atoms with van der Waals surface area (Å²) in [6, 6.07) is 0.918. The van der Waals surface area contributed by atoms with Crippen molar-refractivity contribution in [2.24, 2.45) is 0 Å². The molecule has 0 aromatic carbocycles. The number of carboxylic acids is 1. The number of hydrogen-bond acceptors (Lipinski definition) is 4. The Bertz CT molecular complexity index is 372. The standard InChI is InChI=1S/C9H10FNO3S/c1-5(4-12)15-8-7(9(13)14)2-6(10)3-11-8/h2-3,5,12H,4H2,1H3,(H,13,14). The van der Waals surface area contributed by atoms with E-state index >= 15 is 0 Å². The van der Waals surface area contributed by atoms with Crippen LogP contribution in [0.25, 0.3) is 0 Å². The predicted molar refractivity (Wildman–Crippen MR) is 53.6 cm³/mol. The number of aromatic nitrogens is 1. The van der Waals surface area contributed by atoms with Gasteiger partial charge in [0.05, 0.1) is 18.4 Å². The first-order valence-corrected chi connectivity index (χ1v) is 5.09. The molecule has 1 heterocycles. The number of aromatic carboxylic acids is 1. The summed E-state index contributed by atoms with van der Waals surface area (Å²) in [6.45, 7) is 1.63. The monoisotopic (exact) mass is 231 g/mol. The van der Waals surface area contributed by atoms with E-state index in [9.17, 15) is 9.18 Å². The van der Waals surface area contributed by atoms with E-state index in [0.29, 0.717) is 0 Å². The van der Waals surface area contributed by atoms with Crippen molar-refractivity contribution in [3.8, 4) is 0 Å². The van der Waals surface area contributed by atoms with Crippen LogP contribution in [0.4, 0.5) is 4.39 Å². The summed E-state index contributed by atoms with van der Waals surface area (Å²) in [5, 5.41) is 17.6. The van der Waals surface area contributed by atoms with Gasteiger partial charge in [-0.15, -0.1) is 11.8 Å². The number of thioether (sulfide) groups is 1. The number of nitrogens with zero attached hydrogens (tertiary/aromatic N) is 1. The molecular formula is C9H10FNO3S. The highest BCUT2D eigenvalue weighted by Gasteiger charge is 2.15. The number of rotatable bonds is 4. The van der Waals surface area contributed by atoms with Gasteiger partial charge in [-0.05, 0) is 6.07 Å². The zero-order chi connectivity index (χ0) is 11.4. The highest BCUT2D eigenvalue weighted by Crippen LogP contribution is 2.24. The third-order valence-electron chi connectivity index (χ3n) is 1.62. The molecule has 0 saturated carbocycles. The highest BCUT2D eigenvalue weighted by molar-refractivity contribution is 7.99. The molecule has 0 amide bonds. The molecule has 0 spiro atoms. The van der Waals surface area contributed by atoms with Crippen LogP contribution in [0.5, 0.6) is 0 Å². The Morgan fingerprint density at radius 3 is 2.93 bits per heavy atom. The second-order valence-electron chi connectivity index (χ2n) is 2.92. The minimum absolute atomic E-state index is 0.0945. The molecular weight excluding hydrogens is 221 g/mol. The maximum atomic E-state index is 12.7. The first kappa shape index (κ1) is 11.9. The number of halogens is 1. The van der Waals surface area contributed by atoms with Crippen molar-refractivity contribution in [1.82, 2.24) is 4.98 Å². The molecule has 0 saturated heterocycles. The fraction of sp³-hybridized carbons (Fsp3) is 0.333. The lowest BCUT2D eigenvalue weighted by molar-refractivity contribution is 0.0691. The molecule has 1 rings (SSSR count). The summed E-state index contributed by atoms with van der Waals surface area (Å²) in [5.74, 6) is -1.91. The molecule has 0 radical (unpaired) electrons. The van der Waals surface area contributed by atoms with Gasteiger partial charge in [0.1, 0.15) is 10.8 Å². The Morgan fingerprint density at radius 2 is 2.40 bits per heavy atom. The molecule has 1 aromatic heterocycles. The van der Waals surface area contributed by atoms with Gasteiger partial charge in [-0.3, -0.25) is 0 Å². The van der Waals surface area contributed by atoms with Gasteiger partial charge < -0.3 is 10.2 Å². The Labute approximate surface area is 90.1 Å². The SMILES string of the molecule is CC(CO)Sc1ncc(F)cc1C(=O)O. The number of aliphatic hydroxyl groups is 1. The molecule has 1 aromatic rings. The summed E-state index contributed by atoms with van der Waals surface area (Å²) < 4.78 is 12.7. The van der Waals surface area contributed by atoms with E-state index in [2.05, 4.69) is 4.98 Å². The number of hydrogen-bond donors (Lipinski definition) is 2. The van der Waals surface area contributed by atoms with Gasteiger partial charge in [-0.25, -0.2) is 14.2 Å². The lowest BCUT2D eigenvalue weighted by Crippen LogP contribution is -2.07. The molecule has 0 aliphatic heterocycles. The molecule has 4 nitrogen and oxygen atoms in total. The van der Waals surface area contributed by atoms with Gasteiger partial charge in [0.25, 0.3) is 0 Å². The molecule has 6 heteroatoms. The molecule has 0 aliphatic carbocycles. The van der Waals surface area contributed by atoms with Gasteiger partial charge in [-0.2, -0.15) is 0 Å². The van der Waals surface area contributed by atoms with Gasteiger partial charge in [0.2, 0.25) is 0 Å². The average molecular weight is 231 g/mol. The van der Waals surface area contributed by atoms with Gasteiger partial charge in [-0.1, -0.05) is 6.92 Å². The van der Waals surface area contributed by atoms with Crippen molar-refractivity contribution in [2.75, 3.05) is 6.61 Å². The van der Waals surface area contributed by atoms with Crippen molar-refractivity contribution < 1.29 is 19.4 Å². The largest absolute Gasteiger partial charge is 0.478 e. The van der Waals surface area contributed by atoms with Gasteiger partial charge in [0, 0.05) is 5.25 Å². The molecule has 0 aliphatic rings. The third-order valence-corrected chi connectivity index (χ3v) is 2.72. The van der Waals surface area contributed by atoms with Crippen molar-refractivity contribution in [1.29, 1.82) is 0 Å². The van der Waals surface area contributed by atoms with E-state index in [-0.39, 0.29) is 22.4 Å². The molecule has 82 valence electrons. The first-order chi connectivity index (χ1) is 7.04. The molecule has 0 bridgehead atoms. The summed E-state index contributed by atoms with van der Waals surface area (Å²) in [7, 11) is 0. The van der Waals surface area contributed by atoms with Crippen LogP contribution in [0.1, 0.15) is 17.3 Å². The summed E-state index contributed by atoms with van der Waals surface area (Å²) in [5.41, 5.74) is -0.180. The van der Waals surface area contributed by atoms with Crippen molar-refractivity contribution in [3.63, 3.8) is 0 Å². The maximum absolute atomic E-state index is 12.7. The highest BCUT2D eigenvalue weighted by atomic mass is 32.2. The van der Waals surface area contributed by atoms with Crippen LogP contribution in [0.2, 0.25) is 0 Å². The Hall–Kier alpha value is -1.14. The van der Waals surface area contributed by atoms with Crippen LogP contribution >= 0.6 is 11.8 Å². The Balaban J connectivity index is 3.01. The Kier molecular flexibility index (Phi) is 4.05. The zero-order valence-electron chi connectivity index (χ0n) is 7.98. The fourth-order valence-corrected chi connectivity index (χ4v) is 1.74. The van der Waals surface area contributed by atoms with Crippen LogP contribution in [-0.2, 0) is 0 Å². The van der Waals surface area contributed by atoms with E-state index in [1.165, 1.54) is 0 Å². The minimum Gasteiger partial charge on any atom is -0.478 e. The number of carboxylic acid groups (broad SMARTS) is 1. The molecule has 2 N–H and O–H groups in total. The minimum atomic E-state index is -1.23. The van der Waals surface area contributed by atoms with Crippen molar-refractivity contribution in [2.45, 2.75) is 17.2 Å². The first-order valence-electron chi connectivity index (χ1n) is 4.21. The second-order valence-corrected chi connectivity index (χ2v) is 4.35. The quantitative estimate of drug-likeness (QED) is 0.766. The molecule has 1 atom stereocenters. The van der Waals surface area contributed by atoms with E-state index in [1.807, 2.05) is 0 Å². The smallest absolute Gasteiger partial charge is 0.338 e. The van der Waals surface area contributed by atoms with Gasteiger partial charge >= 0.3 is 5.97 Å². The normalized spacial score (nSPS) is 12.5. The summed E-state index contributed by atoms with van der Waals surface area (Å²) >= 11 is 1.10. The summed E-state index contributed by atoms with van der Waals surface area (Å²) in [6.07, 6.45) is 0.957. The second kappa shape index (κ2) is 5.09. The lowest BCUT2D eigenvalue weighted by Gasteiger charge is -2.08. The van der Waals surface area contributed by atoms with Gasteiger partial charge in [0.15, 0.2) is 0 Å². The van der Waals surface area contributed by atoms with Crippen LogP contribution in [-0.4, -0.2) is 33.0 Å². The zero-order valence-corrected chi connectivity index (χ0v) is 8.79. The Morgan fingerprint density at radius 1 is 1.73 bits per heavy atom. The van der Waals surface area contributed by atoms with Crippen LogP contribution < -0.4 is 0 Å². The fourth-order valence-electron chi connectivity index (χ4n) is 0.902. The van der Waals surface area contributed by atoms with E-state index in [4.69, 9.17) is 10.2 Å². The van der Waals surface area contributed by atoms with E-state index < -0.39 is 11.8 Å². The lowest BCUT2D eigenvalue weighted by atomic mass is 10.3. The van der Waals surface area contributed by atoms with Crippen LogP contribution in [0, 0.1) is 5.82 Å². The van der Waals surface area contributed by atoms with Crippen LogP contribution in [0.15, 0.2) is 17.3 Å². The summed E-state index contributed by atoms with van der Waals surface area (Å²) in [4.78, 5) is 14.4. The number of carbonyl (C=O) groups is 1. The number of pyridine rings is 1. The van der Waals surface area contributed by atoms with Crippen LogP contribution in [0.3, 0.4) is 0 Å². The molecule has 0 fully saturated rings. The third kappa shape index (κ3) is 3.17. The van der Waals surface area contributed by atoms with E-state index in [0.717, 1.165) is 24.0 Å². The predicted octanol–water partition coefficient (Wildman–Crippen LogP) is 1.39. The average Bonchev–Trinajstić information content (AvgIpc) is 2.20. The van der Waals surface area contributed by atoms with E-state index in [1.54, 1.807) is 6.92 Å².